The second-order valence-electron chi connectivity index (χ2n) is 11.9. The number of anilines is 1. The molecule has 1 saturated heterocycles. The van der Waals surface area contributed by atoms with Gasteiger partial charge in [-0.25, -0.2) is 14.8 Å². The third-order valence-corrected chi connectivity index (χ3v) is 7.83. The number of carbonyl (C=O) groups excluding carboxylic acids is 1. The van der Waals surface area contributed by atoms with Gasteiger partial charge in [0.1, 0.15) is 29.7 Å². The Morgan fingerprint density at radius 3 is 2.48 bits per heavy atom. The van der Waals surface area contributed by atoms with Crippen molar-refractivity contribution in [3.63, 3.8) is 0 Å². The van der Waals surface area contributed by atoms with Gasteiger partial charge in [0.15, 0.2) is 0 Å². The highest BCUT2D eigenvalue weighted by Gasteiger charge is 2.26. The van der Waals surface area contributed by atoms with Gasteiger partial charge in [-0.2, -0.15) is 5.26 Å². The van der Waals surface area contributed by atoms with Crippen LogP contribution in [0.3, 0.4) is 0 Å². The lowest BCUT2D eigenvalue weighted by Gasteiger charge is -2.36. The first-order valence-electron chi connectivity index (χ1n) is 14.5. The molecule has 40 heavy (non-hydrogen) atoms. The number of benzene rings is 1. The van der Waals surface area contributed by atoms with Crippen molar-refractivity contribution < 1.29 is 14.3 Å². The van der Waals surface area contributed by atoms with Crippen molar-refractivity contribution in [2.45, 2.75) is 78.0 Å². The summed E-state index contributed by atoms with van der Waals surface area (Å²) in [6.45, 7) is 9.73. The van der Waals surface area contributed by atoms with Gasteiger partial charge in [0.25, 0.3) is 0 Å². The van der Waals surface area contributed by atoms with Crippen molar-refractivity contribution in [2.24, 2.45) is 5.92 Å². The largest absolute Gasteiger partial charge is 0.487 e. The van der Waals surface area contributed by atoms with Gasteiger partial charge in [-0.05, 0) is 63.4 Å². The minimum absolute atomic E-state index is 0.194. The fourth-order valence-corrected chi connectivity index (χ4v) is 5.69. The van der Waals surface area contributed by atoms with E-state index in [1.165, 1.54) is 32.1 Å². The number of piperazine rings is 1. The Morgan fingerprint density at radius 1 is 1.07 bits per heavy atom. The standard InChI is InChI=1S/C31H40N6O3/c1-31(2,3)40-30(38)36-17-15-35(16-18-36)25-9-11-27(12-10-25)39-22-26-19-24-21-33-28(20-32)34-29(24)37(26)14-13-23-7-5-4-6-8-23/h9-12,19,21,23H,4-8,13-18,22H2,1-3H3. The minimum Gasteiger partial charge on any atom is -0.487 e. The van der Waals surface area contributed by atoms with Crippen LogP contribution < -0.4 is 9.64 Å². The summed E-state index contributed by atoms with van der Waals surface area (Å²) in [6.07, 6.45) is 9.19. The third kappa shape index (κ3) is 6.85. The number of aryl methyl sites for hydroxylation is 1. The molecule has 0 radical (unpaired) electrons. The Morgan fingerprint density at radius 2 is 1.80 bits per heavy atom. The molecule has 0 N–H and O–H groups in total. The number of fused-ring (bicyclic) bond motifs is 1. The van der Waals surface area contributed by atoms with Crippen LogP contribution in [-0.4, -0.2) is 57.3 Å². The molecule has 1 saturated carbocycles. The van der Waals surface area contributed by atoms with Gasteiger partial charge in [0.05, 0.1) is 5.69 Å². The summed E-state index contributed by atoms with van der Waals surface area (Å²) < 4.78 is 14.0. The number of amides is 1. The highest BCUT2D eigenvalue weighted by molar-refractivity contribution is 5.77. The topological polar surface area (TPSA) is 96.5 Å². The molecule has 1 aliphatic heterocycles. The van der Waals surface area contributed by atoms with E-state index in [2.05, 4.69) is 43.7 Å². The molecule has 9 heteroatoms. The van der Waals surface area contributed by atoms with Gasteiger partial charge in [-0.3, -0.25) is 0 Å². The fourth-order valence-electron chi connectivity index (χ4n) is 5.69. The number of aromatic nitrogens is 3. The Bertz CT molecular complexity index is 1340. The first kappa shape index (κ1) is 27.8. The van der Waals surface area contributed by atoms with E-state index >= 15 is 0 Å². The van der Waals surface area contributed by atoms with E-state index in [1.54, 1.807) is 11.1 Å². The monoisotopic (exact) mass is 544 g/mol. The van der Waals surface area contributed by atoms with Gasteiger partial charge < -0.3 is 23.8 Å². The van der Waals surface area contributed by atoms with Crippen molar-refractivity contribution in [2.75, 3.05) is 31.1 Å². The summed E-state index contributed by atoms with van der Waals surface area (Å²) in [5.41, 5.74) is 2.47. The lowest BCUT2D eigenvalue weighted by molar-refractivity contribution is 0.0240. The molecule has 2 aromatic heterocycles. The Balaban J connectivity index is 1.21. The van der Waals surface area contributed by atoms with Crippen LogP contribution in [0, 0.1) is 17.2 Å². The van der Waals surface area contributed by atoms with Crippen molar-refractivity contribution in [3.05, 3.63) is 48.0 Å². The molecule has 0 atom stereocenters. The van der Waals surface area contributed by atoms with Gasteiger partial charge in [-0.15, -0.1) is 0 Å². The molecule has 1 amide bonds. The molecule has 0 spiro atoms. The van der Waals surface area contributed by atoms with Crippen molar-refractivity contribution in [3.8, 4) is 11.8 Å². The molecule has 5 rings (SSSR count). The predicted octanol–water partition coefficient (Wildman–Crippen LogP) is 5.91. The quantitative estimate of drug-likeness (QED) is 0.365. The number of rotatable bonds is 7. The van der Waals surface area contributed by atoms with E-state index in [0.29, 0.717) is 19.7 Å². The highest BCUT2D eigenvalue weighted by atomic mass is 16.6. The summed E-state index contributed by atoms with van der Waals surface area (Å²) in [4.78, 5) is 25.1. The number of ether oxygens (including phenoxy) is 2. The summed E-state index contributed by atoms with van der Waals surface area (Å²) in [7, 11) is 0. The van der Waals surface area contributed by atoms with E-state index < -0.39 is 5.60 Å². The van der Waals surface area contributed by atoms with Crippen LogP contribution in [0.4, 0.5) is 10.5 Å². The zero-order chi connectivity index (χ0) is 28.1. The smallest absolute Gasteiger partial charge is 0.410 e. The molecule has 1 aliphatic carbocycles. The van der Waals surface area contributed by atoms with E-state index in [4.69, 9.17) is 9.47 Å². The lowest BCUT2D eigenvalue weighted by Crippen LogP contribution is -2.50. The molecule has 3 aromatic rings. The molecule has 212 valence electrons. The van der Waals surface area contributed by atoms with Crippen molar-refractivity contribution in [1.82, 2.24) is 19.4 Å². The molecular weight excluding hydrogens is 504 g/mol. The van der Waals surface area contributed by atoms with Crippen LogP contribution >= 0.6 is 0 Å². The number of hydrogen-bond acceptors (Lipinski definition) is 7. The average molecular weight is 545 g/mol. The predicted molar refractivity (Wildman–Crippen MR) is 154 cm³/mol. The molecule has 1 aromatic carbocycles. The zero-order valence-electron chi connectivity index (χ0n) is 23.9. The summed E-state index contributed by atoms with van der Waals surface area (Å²) >= 11 is 0. The van der Waals surface area contributed by atoms with Crippen LogP contribution in [0.15, 0.2) is 36.5 Å². The highest BCUT2D eigenvalue weighted by Crippen LogP contribution is 2.29. The molecule has 0 unspecified atom stereocenters. The molecule has 9 nitrogen and oxygen atoms in total. The van der Waals surface area contributed by atoms with Crippen LogP contribution in [0.5, 0.6) is 5.75 Å². The van der Waals surface area contributed by atoms with Crippen LogP contribution in [-0.2, 0) is 17.9 Å². The van der Waals surface area contributed by atoms with Gasteiger partial charge in [0.2, 0.25) is 5.82 Å². The second kappa shape index (κ2) is 12.2. The SMILES string of the molecule is CC(C)(C)OC(=O)N1CCN(c2ccc(OCc3cc4cnc(C#N)nc4n3CCC3CCCCC3)cc2)CC1. The van der Waals surface area contributed by atoms with E-state index in [9.17, 15) is 10.1 Å². The van der Waals surface area contributed by atoms with Crippen LogP contribution in [0.25, 0.3) is 11.0 Å². The first-order valence-corrected chi connectivity index (χ1v) is 14.5. The fraction of sp³-hybridized carbons (Fsp3) is 0.548. The Kier molecular flexibility index (Phi) is 8.43. The number of nitrogens with zero attached hydrogens (tertiary/aromatic N) is 6. The van der Waals surface area contributed by atoms with Gasteiger partial charge in [0, 0.05) is 50.0 Å². The Hall–Kier alpha value is -3.80. The number of nitriles is 1. The molecule has 3 heterocycles. The third-order valence-electron chi connectivity index (χ3n) is 7.83. The van der Waals surface area contributed by atoms with Crippen molar-refractivity contribution in [1.29, 1.82) is 5.26 Å². The zero-order valence-corrected chi connectivity index (χ0v) is 23.9. The van der Waals surface area contributed by atoms with Gasteiger partial charge >= 0.3 is 6.09 Å². The Labute approximate surface area is 236 Å². The van der Waals surface area contributed by atoms with Crippen molar-refractivity contribution >= 4 is 22.8 Å². The van der Waals surface area contributed by atoms with E-state index in [1.807, 2.05) is 32.9 Å². The molecule has 2 fully saturated rings. The van der Waals surface area contributed by atoms with Crippen LogP contribution in [0.1, 0.15) is 70.8 Å². The average Bonchev–Trinajstić information content (AvgIpc) is 3.31. The molecule has 0 bridgehead atoms. The van der Waals surface area contributed by atoms with Gasteiger partial charge in [-0.1, -0.05) is 32.1 Å². The summed E-state index contributed by atoms with van der Waals surface area (Å²) in [5, 5.41) is 10.3. The summed E-state index contributed by atoms with van der Waals surface area (Å²) in [6, 6.07) is 12.3. The van der Waals surface area contributed by atoms with E-state index in [0.717, 1.165) is 60.1 Å². The maximum absolute atomic E-state index is 12.4. The maximum atomic E-state index is 12.4. The van der Waals surface area contributed by atoms with Crippen LogP contribution in [0.2, 0.25) is 0 Å². The maximum Gasteiger partial charge on any atom is 0.410 e. The number of carbonyl (C=O) groups is 1. The molecular formula is C31H40N6O3. The number of hydrogen-bond donors (Lipinski definition) is 0. The molecule has 2 aliphatic rings. The lowest BCUT2D eigenvalue weighted by atomic mass is 9.87. The normalized spacial score (nSPS) is 16.6. The van der Waals surface area contributed by atoms with E-state index in [-0.39, 0.29) is 11.9 Å². The minimum atomic E-state index is -0.485. The second-order valence-corrected chi connectivity index (χ2v) is 11.9. The first-order chi connectivity index (χ1) is 19.3. The summed E-state index contributed by atoms with van der Waals surface area (Å²) in [5.74, 6) is 1.74.